The van der Waals surface area contributed by atoms with Gasteiger partial charge in [-0.3, -0.25) is 0 Å². The van der Waals surface area contributed by atoms with E-state index >= 15 is 0 Å². The van der Waals surface area contributed by atoms with E-state index < -0.39 is 17.1 Å². The molecule has 0 radical (unpaired) electrons. The van der Waals surface area contributed by atoms with Gasteiger partial charge in [-0.25, -0.2) is 9.59 Å². The van der Waals surface area contributed by atoms with Crippen LogP contribution in [0, 0.1) is 0 Å². The summed E-state index contributed by atoms with van der Waals surface area (Å²) in [6.07, 6.45) is -0.346. The summed E-state index contributed by atoms with van der Waals surface area (Å²) in [6.45, 7) is 10.9. The average Bonchev–Trinajstić information content (AvgIpc) is 2.95. The van der Waals surface area contributed by atoms with Crippen LogP contribution in [0.25, 0.3) is 11.1 Å². The first-order valence-electron chi connectivity index (χ1n) is 8.86. The predicted molar refractivity (Wildman–Crippen MR) is 107 cm³/mol. The summed E-state index contributed by atoms with van der Waals surface area (Å²) in [6, 6.07) is 5.18. The summed E-state index contributed by atoms with van der Waals surface area (Å²) >= 11 is 0. The van der Waals surface area contributed by atoms with Gasteiger partial charge in [-0.15, -0.1) is 0 Å². The number of hydrogen-bond acceptors (Lipinski definition) is 6. The fraction of sp³-hybridized carbons (Fsp3) is 0.526. The van der Waals surface area contributed by atoms with E-state index in [0.29, 0.717) is 36.7 Å². The van der Waals surface area contributed by atoms with Gasteiger partial charge in [0.2, 0.25) is 0 Å². The molecule has 0 spiro atoms. The molecule has 1 aromatic heterocycles. The third-order valence-electron chi connectivity index (χ3n) is 4.42. The summed E-state index contributed by atoms with van der Waals surface area (Å²) in [5.74, 6) is -1.05. The first-order valence-corrected chi connectivity index (χ1v) is 8.86. The number of ether oxygens (including phenoxy) is 1. The van der Waals surface area contributed by atoms with E-state index in [1.165, 1.54) is 6.07 Å². The van der Waals surface area contributed by atoms with Crippen LogP contribution in [0.4, 0.5) is 10.8 Å². The molecule has 28 heavy (non-hydrogen) atoms. The normalized spacial score (nSPS) is 16.6. The molecule has 0 aliphatic carbocycles. The number of amides is 1. The van der Waals surface area contributed by atoms with Crippen molar-refractivity contribution in [1.82, 2.24) is 9.88 Å². The number of fused-ring (bicyclic) bond motifs is 1. The van der Waals surface area contributed by atoms with Crippen molar-refractivity contribution >= 4 is 48.0 Å². The van der Waals surface area contributed by atoms with Crippen molar-refractivity contribution in [2.75, 3.05) is 24.5 Å². The summed E-state index contributed by atoms with van der Waals surface area (Å²) < 4.78 is 11.3. The number of oxazole rings is 1. The molecule has 1 saturated heterocycles. The van der Waals surface area contributed by atoms with Gasteiger partial charge in [-0.1, -0.05) is 6.07 Å². The fourth-order valence-electron chi connectivity index (χ4n) is 3.22. The number of benzene rings is 1. The zero-order valence-corrected chi connectivity index (χ0v) is 16.3. The van der Waals surface area contributed by atoms with Crippen molar-refractivity contribution in [2.45, 2.75) is 45.8 Å². The van der Waals surface area contributed by atoms with E-state index in [2.05, 4.69) is 4.98 Å². The molecule has 1 amide bonds. The van der Waals surface area contributed by atoms with Crippen molar-refractivity contribution in [3.63, 3.8) is 0 Å². The summed E-state index contributed by atoms with van der Waals surface area (Å²) in [4.78, 5) is 31.9. The summed E-state index contributed by atoms with van der Waals surface area (Å²) in [5, 5.41) is 9.34. The van der Waals surface area contributed by atoms with Crippen LogP contribution in [0.1, 0.15) is 45.0 Å². The number of aromatic nitrogens is 1. The van der Waals surface area contributed by atoms with Crippen molar-refractivity contribution in [1.29, 1.82) is 0 Å². The number of piperazine rings is 1. The molecular weight excluding hydrogens is 357 g/mol. The average molecular weight is 383 g/mol. The predicted octanol–water partition coefficient (Wildman–Crippen LogP) is 2.71. The van der Waals surface area contributed by atoms with Gasteiger partial charge in [0.15, 0.2) is 5.58 Å². The Morgan fingerprint density at radius 2 is 1.93 bits per heavy atom. The van der Waals surface area contributed by atoms with E-state index in [-0.39, 0.29) is 30.5 Å². The number of para-hydroxylation sites is 1. The zero-order chi connectivity index (χ0) is 20.0. The van der Waals surface area contributed by atoms with Crippen molar-refractivity contribution in [2.24, 2.45) is 0 Å². The van der Waals surface area contributed by atoms with Gasteiger partial charge >= 0.3 is 30.9 Å². The Kier molecular flexibility index (Phi) is 6.07. The Hall–Kier alpha value is -2.17. The molecule has 8 nitrogen and oxygen atoms in total. The minimum atomic E-state index is -1.05. The van der Waals surface area contributed by atoms with Crippen LogP contribution in [0.2, 0.25) is 0 Å². The van der Waals surface area contributed by atoms with Gasteiger partial charge < -0.3 is 24.1 Å². The molecular formula is C19H26LiN3O5. The number of carboxylic acid groups (broad SMARTS) is 1. The quantitative estimate of drug-likeness (QED) is 0.797. The van der Waals surface area contributed by atoms with Crippen LogP contribution in [0.3, 0.4) is 0 Å². The monoisotopic (exact) mass is 383 g/mol. The summed E-state index contributed by atoms with van der Waals surface area (Å²) in [7, 11) is 0. The first-order chi connectivity index (χ1) is 12.5. The number of hydrogen-bond donors (Lipinski definition) is 1. The Morgan fingerprint density at radius 3 is 2.50 bits per heavy atom. The molecule has 2 heterocycles. The third-order valence-corrected chi connectivity index (χ3v) is 4.42. The molecule has 1 aliphatic rings. The van der Waals surface area contributed by atoms with Crippen molar-refractivity contribution in [3.8, 4) is 0 Å². The third kappa shape index (κ3) is 4.45. The molecule has 1 fully saturated rings. The standard InChI is InChI=1S/C19H25N3O5.Li.H/c1-18(2,3)27-17(25)21-9-10-22(19(4,5)11-21)16-20-14-12(15(23)24)7-6-8-13(14)26-16;;/h6-8H,9-11H2,1-5H3,(H,23,24);;. The van der Waals surface area contributed by atoms with Crippen LogP contribution >= 0.6 is 0 Å². The van der Waals surface area contributed by atoms with E-state index in [9.17, 15) is 14.7 Å². The molecule has 1 aromatic carbocycles. The number of nitrogens with zero attached hydrogens (tertiary/aromatic N) is 3. The minimum absolute atomic E-state index is 0. The van der Waals surface area contributed by atoms with Gasteiger partial charge in [0.25, 0.3) is 6.01 Å². The number of rotatable bonds is 2. The van der Waals surface area contributed by atoms with Crippen LogP contribution in [0.15, 0.2) is 22.6 Å². The number of carbonyl (C=O) groups is 2. The topological polar surface area (TPSA) is 96.1 Å². The zero-order valence-electron chi connectivity index (χ0n) is 16.3. The molecule has 0 saturated carbocycles. The molecule has 0 bridgehead atoms. The Balaban J connectivity index is 0.00000280. The van der Waals surface area contributed by atoms with Gasteiger partial charge in [-0.05, 0) is 46.8 Å². The molecule has 0 unspecified atom stereocenters. The maximum atomic E-state index is 12.4. The van der Waals surface area contributed by atoms with E-state index in [0.717, 1.165) is 0 Å². The summed E-state index contributed by atoms with van der Waals surface area (Å²) in [5.41, 5.74) is -0.154. The van der Waals surface area contributed by atoms with E-state index in [4.69, 9.17) is 9.15 Å². The molecule has 9 heteroatoms. The number of aromatic carboxylic acids is 1. The van der Waals surface area contributed by atoms with Crippen molar-refractivity contribution < 1.29 is 23.8 Å². The number of carboxylic acids is 1. The van der Waals surface area contributed by atoms with Gasteiger partial charge in [0.1, 0.15) is 11.1 Å². The Morgan fingerprint density at radius 1 is 1.25 bits per heavy atom. The van der Waals surface area contributed by atoms with Gasteiger partial charge in [0, 0.05) is 19.6 Å². The van der Waals surface area contributed by atoms with Crippen LogP contribution in [0.5, 0.6) is 0 Å². The van der Waals surface area contributed by atoms with Crippen LogP contribution < -0.4 is 4.90 Å². The molecule has 148 valence electrons. The molecule has 0 atom stereocenters. The SMILES string of the molecule is CC(C)(C)OC(=O)N1CCN(c2nc3c(C(=O)O)cccc3o2)C(C)(C)C1.[LiH]. The van der Waals surface area contributed by atoms with Crippen molar-refractivity contribution in [3.05, 3.63) is 23.8 Å². The molecule has 1 N–H and O–H groups in total. The van der Waals surface area contributed by atoms with Gasteiger partial charge in [0.05, 0.1) is 11.1 Å². The second-order valence-corrected chi connectivity index (χ2v) is 8.32. The first kappa shape index (κ1) is 22.1. The Bertz CT molecular complexity index is 887. The number of carbonyl (C=O) groups excluding carboxylic acids is 1. The van der Waals surface area contributed by atoms with Crippen LogP contribution in [-0.4, -0.2) is 76.7 Å². The molecule has 3 rings (SSSR count). The van der Waals surface area contributed by atoms with E-state index in [1.54, 1.807) is 17.0 Å². The Labute approximate surface area is 176 Å². The second-order valence-electron chi connectivity index (χ2n) is 8.32. The fourth-order valence-corrected chi connectivity index (χ4v) is 3.22. The van der Waals surface area contributed by atoms with Gasteiger partial charge in [-0.2, -0.15) is 4.98 Å². The number of anilines is 1. The van der Waals surface area contributed by atoms with Crippen LogP contribution in [-0.2, 0) is 4.74 Å². The molecule has 1 aliphatic heterocycles. The maximum absolute atomic E-state index is 12.4. The second kappa shape index (κ2) is 7.68. The molecule has 2 aromatic rings. The van der Waals surface area contributed by atoms with E-state index in [1.807, 2.05) is 39.5 Å².